The average molecular weight is 534 g/mol. The number of guanidine groups is 1. The summed E-state index contributed by atoms with van der Waals surface area (Å²) in [5.41, 5.74) is 1.48. The van der Waals surface area contributed by atoms with Crippen molar-refractivity contribution in [1.29, 1.82) is 0 Å². The first-order valence-corrected chi connectivity index (χ1v) is 11.8. The molecule has 0 spiro atoms. The highest BCUT2D eigenvalue weighted by Crippen LogP contribution is 2.48. The summed E-state index contributed by atoms with van der Waals surface area (Å²) in [7, 11) is -2.98. The van der Waals surface area contributed by atoms with Crippen LogP contribution >= 0.6 is 24.0 Å². The van der Waals surface area contributed by atoms with Crippen molar-refractivity contribution in [3.63, 3.8) is 0 Å². The Morgan fingerprint density at radius 3 is 2.52 bits per heavy atom. The number of hydrogen-bond acceptors (Lipinski definition) is 4. The summed E-state index contributed by atoms with van der Waals surface area (Å²) in [6.45, 7) is 3.93. The number of carbonyl (C=O) groups is 1. The lowest BCUT2D eigenvalue weighted by Gasteiger charge is -2.16. The molecular formula is C20H31IN4O3S. The molecule has 1 aromatic rings. The van der Waals surface area contributed by atoms with Gasteiger partial charge < -0.3 is 16.0 Å². The molecular weight excluding hydrogens is 503 g/mol. The van der Waals surface area contributed by atoms with Gasteiger partial charge in [-0.25, -0.2) is 8.42 Å². The van der Waals surface area contributed by atoms with Gasteiger partial charge in [0.15, 0.2) is 15.8 Å². The van der Waals surface area contributed by atoms with Crippen LogP contribution in [-0.4, -0.2) is 57.5 Å². The van der Waals surface area contributed by atoms with Crippen molar-refractivity contribution < 1.29 is 13.2 Å². The summed E-state index contributed by atoms with van der Waals surface area (Å²) in [4.78, 5) is 16.8. The molecule has 2 fully saturated rings. The molecule has 1 heterocycles. The molecule has 1 aliphatic carbocycles. The van der Waals surface area contributed by atoms with Gasteiger partial charge in [0.1, 0.15) is 0 Å². The van der Waals surface area contributed by atoms with Crippen molar-refractivity contribution in [1.82, 2.24) is 16.0 Å². The molecule has 29 heavy (non-hydrogen) atoms. The number of aliphatic imine (C=N–C) groups is 1. The fraction of sp³-hybridized carbons (Fsp3) is 0.600. The van der Waals surface area contributed by atoms with Crippen LogP contribution in [0.2, 0.25) is 0 Å². The topological polar surface area (TPSA) is 99.7 Å². The molecule has 0 aromatic heterocycles. The van der Waals surface area contributed by atoms with Crippen molar-refractivity contribution in [2.75, 3.05) is 31.1 Å². The fourth-order valence-corrected chi connectivity index (χ4v) is 5.23. The molecule has 1 atom stereocenters. The van der Waals surface area contributed by atoms with Crippen molar-refractivity contribution in [3.05, 3.63) is 35.9 Å². The average Bonchev–Trinajstić information content (AvgIpc) is 3.39. The molecule has 1 aliphatic heterocycles. The number of amides is 1. The summed E-state index contributed by atoms with van der Waals surface area (Å²) in [5, 5.41) is 9.23. The second-order valence-electron chi connectivity index (χ2n) is 7.69. The van der Waals surface area contributed by atoms with Gasteiger partial charge in [-0.3, -0.25) is 9.79 Å². The first kappa shape index (κ1) is 23.9. The minimum atomic E-state index is -2.98. The van der Waals surface area contributed by atoms with E-state index in [1.165, 1.54) is 5.56 Å². The summed E-state index contributed by atoms with van der Waals surface area (Å²) >= 11 is 0. The highest BCUT2D eigenvalue weighted by molar-refractivity contribution is 14.0. The smallest absolute Gasteiger partial charge is 0.222 e. The van der Waals surface area contributed by atoms with Crippen molar-refractivity contribution >= 4 is 45.7 Å². The number of nitrogens with one attached hydrogen (secondary N) is 3. The number of rotatable bonds is 8. The lowest BCUT2D eigenvalue weighted by atomic mass is 9.96. The van der Waals surface area contributed by atoms with Gasteiger partial charge in [0, 0.05) is 31.0 Å². The highest BCUT2D eigenvalue weighted by Gasteiger charge is 2.44. The fourth-order valence-electron chi connectivity index (χ4n) is 3.56. The molecule has 1 amide bonds. The third-order valence-electron chi connectivity index (χ3n) is 5.37. The number of benzene rings is 1. The Morgan fingerprint density at radius 1 is 1.21 bits per heavy atom. The molecule has 3 rings (SSSR count). The van der Waals surface area contributed by atoms with Gasteiger partial charge in [0.25, 0.3) is 0 Å². The predicted octanol–water partition coefficient (Wildman–Crippen LogP) is 1.58. The van der Waals surface area contributed by atoms with E-state index in [4.69, 9.17) is 4.99 Å². The Labute approximate surface area is 190 Å². The molecule has 7 nitrogen and oxygen atoms in total. The predicted molar refractivity (Wildman–Crippen MR) is 127 cm³/mol. The third kappa shape index (κ3) is 7.13. The van der Waals surface area contributed by atoms with Crippen molar-refractivity contribution in [2.45, 2.75) is 44.1 Å². The lowest BCUT2D eigenvalue weighted by Crippen LogP contribution is -2.41. The van der Waals surface area contributed by atoms with Gasteiger partial charge in [0.2, 0.25) is 5.91 Å². The highest BCUT2D eigenvalue weighted by atomic mass is 127. The largest absolute Gasteiger partial charge is 0.357 e. The van der Waals surface area contributed by atoms with Crippen LogP contribution in [0.25, 0.3) is 0 Å². The van der Waals surface area contributed by atoms with E-state index in [1.54, 1.807) is 0 Å². The van der Waals surface area contributed by atoms with E-state index in [-0.39, 0.29) is 59.3 Å². The molecule has 2 aliphatic rings. The number of carbonyl (C=O) groups excluding carboxylic acids is 1. The SMILES string of the molecule is CCNC(=NCC1(c2ccccc2)CC1)NCCC(=O)NC1CCS(=O)(=O)C1.I. The van der Waals surface area contributed by atoms with Crippen LogP contribution in [0.1, 0.15) is 38.2 Å². The van der Waals surface area contributed by atoms with Crippen LogP contribution in [0.4, 0.5) is 0 Å². The second kappa shape index (κ2) is 10.6. The second-order valence-corrected chi connectivity index (χ2v) is 9.91. The Kier molecular flexibility index (Phi) is 8.74. The van der Waals surface area contributed by atoms with E-state index >= 15 is 0 Å². The molecule has 1 aromatic carbocycles. The summed E-state index contributed by atoms with van der Waals surface area (Å²) in [6, 6.07) is 10.2. The van der Waals surface area contributed by atoms with E-state index in [0.717, 1.165) is 25.9 Å². The quantitative estimate of drug-likeness (QED) is 0.267. The molecule has 1 saturated heterocycles. The molecule has 3 N–H and O–H groups in total. The van der Waals surface area contributed by atoms with Crippen LogP contribution in [0.5, 0.6) is 0 Å². The van der Waals surface area contributed by atoms with E-state index in [0.29, 0.717) is 18.9 Å². The number of hydrogen-bond donors (Lipinski definition) is 3. The monoisotopic (exact) mass is 534 g/mol. The van der Waals surface area contributed by atoms with Gasteiger partial charge in [-0.2, -0.15) is 0 Å². The first-order valence-electron chi connectivity index (χ1n) is 10.00. The summed E-state index contributed by atoms with van der Waals surface area (Å²) in [6.07, 6.45) is 3.08. The minimum Gasteiger partial charge on any atom is -0.357 e. The van der Waals surface area contributed by atoms with Crippen LogP contribution in [0.15, 0.2) is 35.3 Å². The zero-order valence-corrected chi connectivity index (χ0v) is 20.0. The van der Waals surface area contributed by atoms with Gasteiger partial charge in [0.05, 0.1) is 18.1 Å². The van der Waals surface area contributed by atoms with E-state index in [2.05, 4.69) is 40.2 Å². The molecule has 0 bridgehead atoms. The Balaban J connectivity index is 0.00000300. The number of halogens is 1. The van der Waals surface area contributed by atoms with Crippen LogP contribution in [0, 0.1) is 0 Å². The molecule has 1 unspecified atom stereocenters. The van der Waals surface area contributed by atoms with Gasteiger partial charge in [-0.05, 0) is 31.7 Å². The van der Waals surface area contributed by atoms with Crippen molar-refractivity contribution in [2.24, 2.45) is 4.99 Å². The maximum absolute atomic E-state index is 12.1. The van der Waals surface area contributed by atoms with Gasteiger partial charge in [-0.15, -0.1) is 24.0 Å². The Hall–Kier alpha value is -1.36. The first-order chi connectivity index (χ1) is 13.4. The molecule has 0 radical (unpaired) electrons. The summed E-state index contributed by atoms with van der Waals surface area (Å²) < 4.78 is 22.9. The number of nitrogens with zero attached hydrogens (tertiary/aromatic N) is 1. The normalized spacial score (nSPS) is 21.7. The maximum Gasteiger partial charge on any atom is 0.222 e. The molecule has 1 saturated carbocycles. The molecule has 162 valence electrons. The summed E-state index contributed by atoms with van der Waals surface area (Å²) in [5.74, 6) is 0.795. The third-order valence-corrected chi connectivity index (χ3v) is 7.13. The van der Waals surface area contributed by atoms with Gasteiger partial charge in [-0.1, -0.05) is 30.3 Å². The zero-order valence-electron chi connectivity index (χ0n) is 16.8. The van der Waals surface area contributed by atoms with Crippen LogP contribution in [0.3, 0.4) is 0 Å². The Morgan fingerprint density at radius 2 is 1.93 bits per heavy atom. The van der Waals surface area contributed by atoms with Crippen LogP contribution < -0.4 is 16.0 Å². The molecule has 9 heteroatoms. The van der Waals surface area contributed by atoms with E-state index in [9.17, 15) is 13.2 Å². The van der Waals surface area contributed by atoms with Crippen LogP contribution in [-0.2, 0) is 20.0 Å². The lowest BCUT2D eigenvalue weighted by molar-refractivity contribution is -0.121. The standard InChI is InChI=1S/C20H30N4O3S.HI/c1-2-21-19(23-15-20(10-11-20)16-6-4-3-5-7-16)22-12-8-18(25)24-17-9-13-28(26,27)14-17;/h3-7,17H,2,8-15H2,1H3,(H,24,25)(H2,21,22,23);1H. The maximum atomic E-state index is 12.1. The van der Waals surface area contributed by atoms with E-state index < -0.39 is 9.84 Å². The minimum absolute atomic E-state index is 0. The van der Waals surface area contributed by atoms with E-state index in [1.807, 2.05) is 13.0 Å². The van der Waals surface area contributed by atoms with Crippen molar-refractivity contribution in [3.8, 4) is 0 Å². The Bertz CT molecular complexity index is 810. The number of sulfone groups is 1. The zero-order chi connectivity index (χ0) is 20.0. The van der Waals surface area contributed by atoms with Gasteiger partial charge >= 0.3 is 0 Å².